The fourth-order valence-electron chi connectivity index (χ4n) is 3.25. The van der Waals surface area contributed by atoms with Gasteiger partial charge in [0.25, 0.3) is 0 Å². The summed E-state index contributed by atoms with van der Waals surface area (Å²) in [6, 6.07) is 5.08. The molecular formula is C20H26N4O6. The van der Waals surface area contributed by atoms with Crippen LogP contribution in [-0.2, 0) is 17.9 Å². The summed E-state index contributed by atoms with van der Waals surface area (Å²) in [5.74, 6) is 1.07. The van der Waals surface area contributed by atoms with Gasteiger partial charge in [-0.1, -0.05) is 0 Å². The topological polar surface area (TPSA) is 133 Å². The lowest BCUT2D eigenvalue weighted by atomic mass is 10.1. The SMILES string of the molecule is CCOCc1nc2c[n+]([O-])c3cc(OCCNC(=O)O)ccc3c2n1CC(C)(C)O. The van der Waals surface area contributed by atoms with Gasteiger partial charge in [0.05, 0.1) is 35.7 Å². The third kappa shape index (κ3) is 4.89. The Labute approximate surface area is 173 Å². The van der Waals surface area contributed by atoms with Crippen molar-refractivity contribution in [2.24, 2.45) is 0 Å². The number of hydrogen-bond donors (Lipinski definition) is 3. The van der Waals surface area contributed by atoms with Crippen molar-refractivity contribution >= 4 is 28.0 Å². The van der Waals surface area contributed by atoms with Gasteiger partial charge in [0.15, 0.2) is 5.52 Å². The first kappa shape index (κ1) is 21.6. The lowest BCUT2D eigenvalue weighted by Gasteiger charge is -2.20. The van der Waals surface area contributed by atoms with E-state index < -0.39 is 11.7 Å². The smallest absolute Gasteiger partial charge is 0.404 e. The average Bonchev–Trinajstić information content (AvgIpc) is 2.99. The van der Waals surface area contributed by atoms with Crippen molar-refractivity contribution in [3.8, 4) is 5.75 Å². The van der Waals surface area contributed by atoms with Gasteiger partial charge in [-0.15, -0.1) is 0 Å². The first-order valence-electron chi connectivity index (χ1n) is 9.64. The number of aliphatic hydroxyl groups is 1. The third-order valence-corrected chi connectivity index (χ3v) is 4.40. The second-order valence-corrected chi connectivity index (χ2v) is 7.51. The Morgan fingerprint density at radius 1 is 1.40 bits per heavy atom. The molecule has 0 unspecified atom stereocenters. The van der Waals surface area contributed by atoms with Crippen LogP contribution in [0.5, 0.6) is 5.75 Å². The summed E-state index contributed by atoms with van der Waals surface area (Å²) >= 11 is 0. The van der Waals surface area contributed by atoms with Crippen LogP contribution in [0, 0.1) is 5.21 Å². The molecule has 0 bridgehead atoms. The van der Waals surface area contributed by atoms with Crippen molar-refractivity contribution in [2.75, 3.05) is 19.8 Å². The van der Waals surface area contributed by atoms with Crippen LogP contribution in [0.2, 0.25) is 0 Å². The molecule has 3 rings (SSSR count). The van der Waals surface area contributed by atoms with Crippen molar-refractivity contribution in [2.45, 2.75) is 39.5 Å². The largest absolute Gasteiger partial charge is 0.618 e. The van der Waals surface area contributed by atoms with Gasteiger partial charge in [-0.05, 0) is 32.9 Å². The minimum atomic E-state index is -1.13. The van der Waals surface area contributed by atoms with Gasteiger partial charge < -0.3 is 34.8 Å². The van der Waals surface area contributed by atoms with Gasteiger partial charge in [-0.25, -0.2) is 9.78 Å². The number of aromatic nitrogens is 3. The van der Waals surface area contributed by atoms with E-state index in [0.29, 0.717) is 34.6 Å². The fourth-order valence-corrected chi connectivity index (χ4v) is 3.25. The number of imidazole rings is 1. The number of hydrogen-bond acceptors (Lipinski definition) is 6. The molecule has 0 saturated carbocycles. The maximum Gasteiger partial charge on any atom is 0.404 e. The number of carbonyl (C=O) groups is 1. The molecule has 0 saturated heterocycles. The Morgan fingerprint density at radius 2 is 2.17 bits per heavy atom. The maximum absolute atomic E-state index is 12.6. The predicted molar refractivity (Wildman–Crippen MR) is 109 cm³/mol. The molecule has 0 spiro atoms. The fraction of sp³-hybridized carbons (Fsp3) is 0.450. The van der Waals surface area contributed by atoms with Gasteiger partial charge in [0.2, 0.25) is 11.7 Å². The zero-order valence-electron chi connectivity index (χ0n) is 17.2. The quantitative estimate of drug-likeness (QED) is 0.274. The molecule has 0 radical (unpaired) electrons. The van der Waals surface area contributed by atoms with Gasteiger partial charge in [0.1, 0.15) is 24.8 Å². The minimum Gasteiger partial charge on any atom is -0.618 e. The number of nitrogens with zero attached hydrogens (tertiary/aromatic N) is 3. The first-order chi connectivity index (χ1) is 14.2. The molecule has 3 aromatic rings. The molecule has 0 aliphatic heterocycles. The first-order valence-corrected chi connectivity index (χ1v) is 9.64. The number of fused-ring (bicyclic) bond motifs is 3. The summed E-state index contributed by atoms with van der Waals surface area (Å²) in [7, 11) is 0. The van der Waals surface area contributed by atoms with Crippen LogP contribution in [0.15, 0.2) is 24.4 Å². The summed E-state index contributed by atoms with van der Waals surface area (Å²) < 4.78 is 13.7. The number of ether oxygens (including phenoxy) is 2. The molecule has 162 valence electrons. The van der Waals surface area contributed by atoms with Gasteiger partial charge in [-0.3, -0.25) is 0 Å². The molecule has 10 nitrogen and oxygen atoms in total. The van der Waals surface area contributed by atoms with Crippen LogP contribution in [0.25, 0.3) is 21.9 Å². The minimum absolute atomic E-state index is 0.128. The molecular weight excluding hydrogens is 392 g/mol. The summed E-state index contributed by atoms with van der Waals surface area (Å²) in [5.41, 5.74) is 0.625. The number of rotatable bonds is 9. The van der Waals surface area contributed by atoms with Crippen LogP contribution in [0.3, 0.4) is 0 Å². The third-order valence-electron chi connectivity index (χ3n) is 4.40. The molecule has 0 aliphatic carbocycles. The second kappa shape index (κ2) is 8.72. The number of amides is 1. The molecule has 0 aliphatic rings. The van der Waals surface area contributed by atoms with Crippen molar-refractivity contribution in [3.63, 3.8) is 0 Å². The van der Waals surface area contributed by atoms with Crippen molar-refractivity contribution < 1.29 is 29.2 Å². The highest BCUT2D eigenvalue weighted by molar-refractivity contribution is 6.01. The molecule has 2 heterocycles. The van der Waals surface area contributed by atoms with E-state index in [1.165, 1.54) is 6.20 Å². The summed E-state index contributed by atoms with van der Waals surface area (Å²) in [6.07, 6.45) is 0.267. The van der Waals surface area contributed by atoms with Crippen LogP contribution < -0.4 is 14.8 Å². The van der Waals surface area contributed by atoms with Gasteiger partial charge in [0, 0.05) is 6.61 Å². The Kier molecular flexibility index (Phi) is 6.28. The zero-order valence-corrected chi connectivity index (χ0v) is 17.2. The van der Waals surface area contributed by atoms with E-state index in [2.05, 4.69) is 10.3 Å². The standard InChI is InChI=1S/C20H26N4O6/c1-4-29-11-17-22-15-10-24(28)16-9-13(30-8-7-21-19(25)26)5-6-14(16)18(15)23(17)12-20(2,3)27/h5-6,9-10,21,27H,4,7-8,11-12H2,1-3H3,(H,25,26). The molecule has 10 heteroatoms. The molecule has 1 aromatic carbocycles. The lowest BCUT2D eigenvalue weighted by Crippen LogP contribution is -2.28. The molecule has 3 N–H and O–H groups in total. The lowest BCUT2D eigenvalue weighted by molar-refractivity contribution is -0.575. The highest BCUT2D eigenvalue weighted by Crippen LogP contribution is 2.28. The number of nitrogens with one attached hydrogen (secondary N) is 1. The van der Waals surface area contributed by atoms with E-state index in [4.69, 9.17) is 14.6 Å². The van der Waals surface area contributed by atoms with Gasteiger partial charge >= 0.3 is 6.09 Å². The Morgan fingerprint density at radius 3 is 2.83 bits per heavy atom. The second-order valence-electron chi connectivity index (χ2n) is 7.51. The van der Waals surface area contributed by atoms with Gasteiger partial charge in [-0.2, -0.15) is 4.73 Å². The molecule has 0 fully saturated rings. The van der Waals surface area contributed by atoms with Crippen molar-refractivity contribution in [1.82, 2.24) is 14.9 Å². The number of pyridine rings is 1. The highest BCUT2D eigenvalue weighted by atomic mass is 16.5. The van der Waals surface area contributed by atoms with Crippen LogP contribution in [0.1, 0.15) is 26.6 Å². The van der Waals surface area contributed by atoms with E-state index in [9.17, 15) is 15.1 Å². The zero-order chi connectivity index (χ0) is 21.9. The highest BCUT2D eigenvalue weighted by Gasteiger charge is 2.23. The molecule has 2 aromatic heterocycles. The summed E-state index contributed by atoms with van der Waals surface area (Å²) in [6.45, 7) is 6.63. The van der Waals surface area contributed by atoms with E-state index in [1.54, 1.807) is 32.0 Å². The molecule has 0 atom stereocenters. The summed E-state index contributed by atoms with van der Waals surface area (Å²) in [4.78, 5) is 15.1. The Hall–Kier alpha value is -3.11. The summed E-state index contributed by atoms with van der Waals surface area (Å²) in [5, 5.41) is 34.5. The van der Waals surface area contributed by atoms with E-state index in [1.807, 2.05) is 11.5 Å². The van der Waals surface area contributed by atoms with E-state index in [0.717, 1.165) is 10.2 Å². The Bertz CT molecular complexity index is 1060. The average molecular weight is 418 g/mol. The van der Waals surface area contributed by atoms with Crippen molar-refractivity contribution in [1.29, 1.82) is 0 Å². The van der Waals surface area contributed by atoms with Crippen LogP contribution >= 0.6 is 0 Å². The van der Waals surface area contributed by atoms with Crippen LogP contribution in [0.4, 0.5) is 4.79 Å². The van der Waals surface area contributed by atoms with E-state index >= 15 is 0 Å². The predicted octanol–water partition coefficient (Wildman–Crippen LogP) is 1.78. The van der Waals surface area contributed by atoms with E-state index in [-0.39, 0.29) is 26.3 Å². The number of carboxylic acid groups (broad SMARTS) is 1. The van der Waals surface area contributed by atoms with Crippen molar-refractivity contribution in [3.05, 3.63) is 35.4 Å². The monoisotopic (exact) mass is 418 g/mol. The molecule has 1 amide bonds. The number of benzene rings is 1. The maximum atomic E-state index is 12.6. The normalized spacial score (nSPS) is 11.9. The Balaban J connectivity index is 2.05. The van der Waals surface area contributed by atoms with Crippen LogP contribution in [-0.4, -0.2) is 51.2 Å². The molecule has 30 heavy (non-hydrogen) atoms.